The topological polar surface area (TPSA) is 129 Å². The zero-order chi connectivity index (χ0) is 24.5. The standard InChI is InChI=1S/C22H31NO9/c1-21(2,3)31-18(26)16(13-29-14-17(24)25)23(20(28)32-22(4,5)6)19(27)30-12-15-10-8-7-9-11-15/h7-11,16H,12-14H2,1-6H3,(H,24,25)/t16-/m0/s1. The molecule has 1 N–H and O–H groups in total. The van der Waals surface area contributed by atoms with E-state index in [2.05, 4.69) is 0 Å². The molecule has 0 aromatic heterocycles. The monoisotopic (exact) mass is 453 g/mol. The second-order valence-corrected chi connectivity index (χ2v) is 8.85. The van der Waals surface area contributed by atoms with E-state index in [0.29, 0.717) is 10.5 Å². The van der Waals surface area contributed by atoms with Crippen LogP contribution in [-0.2, 0) is 35.1 Å². The van der Waals surface area contributed by atoms with Crippen molar-refractivity contribution >= 4 is 24.1 Å². The van der Waals surface area contributed by atoms with Crippen molar-refractivity contribution in [1.82, 2.24) is 4.90 Å². The van der Waals surface area contributed by atoms with Gasteiger partial charge in [-0.15, -0.1) is 0 Å². The first kappa shape index (κ1) is 26.9. The van der Waals surface area contributed by atoms with Crippen molar-refractivity contribution in [2.75, 3.05) is 13.2 Å². The first-order valence-corrected chi connectivity index (χ1v) is 9.95. The maximum Gasteiger partial charge on any atom is 0.420 e. The lowest BCUT2D eigenvalue weighted by Gasteiger charge is -2.31. The lowest BCUT2D eigenvalue weighted by molar-refractivity contribution is -0.164. The van der Waals surface area contributed by atoms with Gasteiger partial charge in [-0.2, -0.15) is 4.90 Å². The average molecular weight is 453 g/mol. The molecule has 1 atom stereocenters. The van der Waals surface area contributed by atoms with Gasteiger partial charge in [-0.05, 0) is 47.1 Å². The smallest absolute Gasteiger partial charge is 0.420 e. The molecule has 1 aromatic rings. The summed E-state index contributed by atoms with van der Waals surface area (Å²) < 4.78 is 20.8. The summed E-state index contributed by atoms with van der Waals surface area (Å²) in [5.41, 5.74) is -1.29. The molecule has 2 amide bonds. The largest absolute Gasteiger partial charge is 0.480 e. The fraction of sp³-hybridized carbons (Fsp3) is 0.545. The second-order valence-electron chi connectivity index (χ2n) is 8.85. The molecule has 0 saturated carbocycles. The number of imide groups is 1. The summed E-state index contributed by atoms with van der Waals surface area (Å²) in [5.74, 6) is -2.27. The van der Waals surface area contributed by atoms with Crippen molar-refractivity contribution in [2.24, 2.45) is 0 Å². The van der Waals surface area contributed by atoms with Crippen LogP contribution >= 0.6 is 0 Å². The van der Waals surface area contributed by atoms with E-state index in [1.807, 2.05) is 0 Å². The zero-order valence-electron chi connectivity index (χ0n) is 19.2. The maximum absolute atomic E-state index is 12.9. The molecule has 1 aromatic carbocycles. The van der Waals surface area contributed by atoms with E-state index in [1.165, 1.54) is 0 Å². The van der Waals surface area contributed by atoms with Crippen LogP contribution < -0.4 is 0 Å². The number of carboxylic acids is 1. The first-order valence-electron chi connectivity index (χ1n) is 9.95. The van der Waals surface area contributed by atoms with Crippen LogP contribution in [0.25, 0.3) is 0 Å². The fourth-order valence-corrected chi connectivity index (χ4v) is 2.30. The molecule has 178 valence electrons. The quantitative estimate of drug-likeness (QED) is 0.465. The highest BCUT2D eigenvalue weighted by molar-refractivity contribution is 5.94. The van der Waals surface area contributed by atoms with E-state index in [1.54, 1.807) is 71.9 Å². The number of aliphatic carboxylic acids is 1. The van der Waals surface area contributed by atoms with Crippen LogP contribution in [0.5, 0.6) is 0 Å². The van der Waals surface area contributed by atoms with Crippen molar-refractivity contribution < 1.29 is 43.2 Å². The Hall–Kier alpha value is -3.14. The highest BCUT2D eigenvalue weighted by Gasteiger charge is 2.41. The number of carboxylic acid groups (broad SMARTS) is 1. The molecule has 0 fully saturated rings. The van der Waals surface area contributed by atoms with Gasteiger partial charge >= 0.3 is 24.1 Å². The number of esters is 1. The molecule has 0 radical (unpaired) electrons. The highest BCUT2D eigenvalue weighted by atomic mass is 16.6. The second kappa shape index (κ2) is 11.5. The third-order valence-electron chi connectivity index (χ3n) is 3.48. The minimum atomic E-state index is -1.63. The molecule has 0 aliphatic carbocycles. The Kier molecular flexibility index (Phi) is 9.64. The summed E-state index contributed by atoms with van der Waals surface area (Å²) >= 11 is 0. The van der Waals surface area contributed by atoms with Crippen LogP contribution in [-0.4, -0.2) is 64.6 Å². The lowest BCUT2D eigenvalue weighted by atomic mass is 10.2. The van der Waals surface area contributed by atoms with Crippen LogP contribution in [0.3, 0.4) is 0 Å². The Labute approximate surface area is 187 Å². The number of benzene rings is 1. The molecule has 0 saturated heterocycles. The third-order valence-corrected chi connectivity index (χ3v) is 3.48. The van der Waals surface area contributed by atoms with E-state index in [0.717, 1.165) is 0 Å². The van der Waals surface area contributed by atoms with Crippen molar-refractivity contribution in [3.05, 3.63) is 35.9 Å². The zero-order valence-corrected chi connectivity index (χ0v) is 19.2. The van der Waals surface area contributed by atoms with Gasteiger partial charge in [0.15, 0.2) is 6.04 Å². The van der Waals surface area contributed by atoms with E-state index in [9.17, 15) is 19.2 Å². The minimum absolute atomic E-state index is 0.171. The number of nitrogens with zero attached hydrogens (tertiary/aromatic N) is 1. The molecule has 0 unspecified atom stereocenters. The van der Waals surface area contributed by atoms with Gasteiger partial charge in [0.05, 0.1) is 6.61 Å². The van der Waals surface area contributed by atoms with Gasteiger partial charge in [0.25, 0.3) is 0 Å². The van der Waals surface area contributed by atoms with Gasteiger partial charge in [0.2, 0.25) is 0 Å². The Balaban J connectivity index is 3.20. The van der Waals surface area contributed by atoms with Crippen LogP contribution in [0.1, 0.15) is 47.1 Å². The van der Waals surface area contributed by atoms with Crippen molar-refractivity contribution in [3.8, 4) is 0 Å². The number of amides is 2. The Morgan fingerprint density at radius 3 is 1.97 bits per heavy atom. The molecule has 10 heteroatoms. The number of carbonyl (C=O) groups excluding carboxylic acids is 3. The Bertz CT molecular complexity index is 794. The third kappa shape index (κ3) is 10.3. The SMILES string of the molecule is CC(C)(C)OC(=O)[C@H](COCC(=O)O)N(C(=O)OCc1ccccc1)C(=O)OC(C)(C)C. The number of rotatable bonds is 8. The predicted molar refractivity (Wildman–Crippen MR) is 113 cm³/mol. The molecule has 0 bridgehead atoms. The number of carbonyl (C=O) groups is 4. The molecular weight excluding hydrogens is 422 g/mol. The van der Waals surface area contributed by atoms with E-state index >= 15 is 0 Å². The van der Waals surface area contributed by atoms with Gasteiger partial charge in [0.1, 0.15) is 24.4 Å². The van der Waals surface area contributed by atoms with E-state index < -0.39 is 54.6 Å². The summed E-state index contributed by atoms with van der Waals surface area (Å²) in [6.07, 6.45) is -2.33. The summed E-state index contributed by atoms with van der Waals surface area (Å²) in [6, 6.07) is 7.08. The summed E-state index contributed by atoms with van der Waals surface area (Å²) in [7, 11) is 0. The van der Waals surface area contributed by atoms with Gasteiger partial charge in [-0.1, -0.05) is 30.3 Å². The van der Waals surface area contributed by atoms with Crippen molar-refractivity contribution in [2.45, 2.75) is 65.4 Å². The van der Waals surface area contributed by atoms with E-state index in [-0.39, 0.29) is 6.61 Å². The van der Waals surface area contributed by atoms with Crippen LogP contribution in [0.15, 0.2) is 30.3 Å². The number of hydrogen-bond acceptors (Lipinski definition) is 8. The summed E-state index contributed by atoms with van der Waals surface area (Å²) in [5, 5.41) is 8.83. The first-order chi connectivity index (χ1) is 14.7. The number of ether oxygens (including phenoxy) is 4. The lowest BCUT2D eigenvalue weighted by Crippen LogP contribution is -2.54. The number of hydrogen-bond donors (Lipinski definition) is 1. The van der Waals surface area contributed by atoms with Gasteiger partial charge < -0.3 is 24.1 Å². The average Bonchev–Trinajstić information content (AvgIpc) is 2.63. The molecule has 10 nitrogen and oxygen atoms in total. The molecule has 0 heterocycles. The maximum atomic E-state index is 12.9. The summed E-state index contributed by atoms with van der Waals surface area (Å²) in [4.78, 5) is 49.8. The molecular formula is C22H31NO9. The van der Waals surface area contributed by atoms with Gasteiger partial charge in [0, 0.05) is 0 Å². The predicted octanol–water partition coefficient (Wildman–Crippen LogP) is 3.37. The van der Waals surface area contributed by atoms with Gasteiger partial charge in [-0.3, -0.25) is 0 Å². The van der Waals surface area contributed by atoms with Crippen molar-refractivity contribution in [3.63, 3.8) is 0 Å². The van der Waals surface area contributed by atoms with Crippen molar-refractivity contribution in [1.29, 1.82) is 0 Å². The van der Waals surface area contributed by atoms with E-state index in [4.69, 9.17) is 24.1 Å². The Morgan fingerprint density at radius 1 is 0.906 bits per heavy atom. The molecule has 0 aliphatic heterocycles. The van der Waals surface area contributed by atoms with Gasteiger partial charge in [-0.25, -0.2) is 19.2 Å². The molecule has 0 spiro atoms. The van der Waals surface area contributed by atoms with Crippen LogP contribution in [0.4, 0.5) is 9.59 Å². The Morgan fingerprint density at radius 2 is 1.47 bits per heavy atom. The fourth-order valence-electron chi connectivity index (χ4n) is 2.30. The minimum Gasteiger partial charge on any atom is -0.480 e. The molecule has 32 heavy (non-hydrogen) atoms. The molecule has 1 rings (SSSR count). The molecule has 0 aliphatic rings. The van der Waals surface area contributed by atoms with Crippen LogP contribution in [0.2, 0.25) is 0 Å². The van der Waals surface area contributed by atoms with Crippen LogP contribution in [0, 0.1) is 0 Å². The highest BCUT2D eigenvalue weighted by Crippen LogP contribution is 2.18. The normalized spacial score (nSPS) is 12.4. The summed E-state index contributed by atoms with van der Waals surface area (Å²) in [6.45, 7) is 8.02.